The van der Waals surface area contributed by atoms with Gasteiger partial charge in [-0.2, -0.15) is 0 Å². The standard InChI is InChI=1S/C32H34N2O3S/c1-6-37-31(36)27-23-17-16-21(32(3,4)5)18-25(23)38-30(27)34-29(35)26-19(2)28(20-12-8-7-9-13-20)33-24-15-11-10-14-22(24)26/h7-15,21H,6,16-18H2,1-5H3,(H,34,35). The summed E-state index contributed by atoms with van der Waals surface area (Å²) in [6.45, 7) is 10.8. The molecule has 0 saturated carbocycles. The highest BCUT2D eigenvalue weighted by molar-refractivity contribution is 7.17. The zero-order chi connectivity index (χ0) is 27.0. The maximum absolute atomic E-state index is 14.0. The van der Waals surface area contributed by atoms with Crippen molar-refractivity contribution in [2.45, 2.75) is 53.9 Å². The van der Waals surface area contributed by atoms with Crippen LogP contribution in [0.3, 0.4) is 0 Å². The number of ether oxygens (including phenoxy) is 1. The Bertz CT molecular complexity index is 1520. The molecule has 1 atom stereocenters. The van der Waals surface area contributed by atoms with Crippen molar-refractivity contribution in [3.05, 3.63) is 81.7 Å². The van der Waals surface area contributed by atoms with E-state index >= 15 is 0 Å². The third kappa shape index (κ3) is 4.85. The number of amides is 1. The van der Waals surface area contributed by atoms with Crippen molar-refractivity contribution in [3.63, 3.8) is 0 Å². The number of fused-ring (bicyclic) bond motifs is 2. The smallest absolute Gasteiger partial charge is 0.341 e. The molecule has 1 aliphatic rings. The number of esters is 1. The number of para-hydroxylation sites is 1. The van der Waals surface area contributed by atoms with Gasteiger partial charge in [0, 0.05) is 15.8 Å². The average Bonchev–Trinajstić information content (AvgIpc) is 3.25. The molecule has 0 radical (unpaired) electrons. The van der Waals surface area contributed by atoms with Gasteiger partial charge in [-0.15, -0.1) is 11.3 Å². The fourth-order valence-corrected chi connectivity index (χ4v) is 6.79. The quantitative estimate of drug-likeness (QED) is 0.269. The summed E-state index contributed by atoms with van der Waals surface area (Å²) in [6, 6.07) is 17.6. The molecule has 0 fully saturated rings. The Balaban J connectivity index is 1.60. The van der Waals surface area contributed by atoms with Crippen molar-refractivity contribution >= 4 is 39.1 Å². The predicted octanol–water partition coefficient (Wildman–Crippen LogP) is 7.85. The number of aromatic nitrogens is 1. The molecule has 0 saturated heterocycles. The van der Waals surface area contributed by atoms with Crippen LogP contribution in [0.1, 0.15) is 70.8 Å². The molecular weight excluding hydrogens is 492 g/mol. The maximum Gasteiger partial charge on any atom is 0.341 e. The van der Waals surface area contributed by atoms with Gasteiger partial charge in [0.25, 0.3) is 5.91 Å². The summed E-state index contributed by atoms with van der Waals surface area (Å²) in [5, 5.41) is 4.50. The normalized spacial score (nSPS) is 15.2. The molecule has 5 rings (SSSR count). The Morgan fingerprint density at radius 3 is 2.47 bits per heavy atom. The summed E-state index contributed by atoms with van der Waals surface area (Å²) in [5.41, 5.74) is 5.59. The first kappa shape index (κ1) is 26.1. The van der Waals surface area contributed by atoms with Crippen LogP contribution >= 0.6 is 11.3 Å². The molecule has 0 spiro atoms. The van der Waals surface area contributed by atoms with E-state index in [4.69, 9.17) is 9.72 Å². The molecule has 2 aromatic heterocycles. The third-order valence-electron chi connectivity index (χ3n) is 7.61. The van der Waals surface area contributed by atoms with E-state index in [1.807, 2.05) is 68.4 Å². The molecule has 2 aromatic carbocycles. The topological polar surface area (TPSA) is 68.3 Å². The van der Waals surface area contributed by atoms with Gasteiger partial charge in [0.2, 0.25) is 0 Å². The summed E-state index contributed by atoms with van der Waals surface area (Å²) < 4.78 is 5.45. The van der Waals surface area contributed by atoms with Crippen molar-refractivity contribution in [1.82, 2.24) is 4.98 Å². The van der Waals surface area contributed by atoms with Gasteiger partial charge in [0.05, 0.1) is 28.9 Å². The number of carbonyl (C=O) groups excluding carboxylic acids is 2. The van der Waals surface area contributed by atoms with Gasteiger partial charge in [-0.25, -0.2) is 9.78 Å². The molecule has 4 aromatic rings. The average molecular weight is 527 g/mol. The van der Waals surface area contributed by atoms with Crippen LogP contribution in [0, 0.1) is 18.3 Å². The van der Waals surface area contributed by atoms with Crippen LogP contribution in [-0.2, 0) is 17.6 Å². The second-order valence-corrected chi connectivity index (χ2v) is 12.1. The molecule has 6 heteroatoms. The zero-order valence-electron chi connectivity index (χ0n) is 22.7. The molecule has 1 N–H and O–H groups in total. The van der Waals surface area contributed by atoms with Crippen LogP contribution < -0.4 is 5.32 Å². The van der Waals surface area contributed by atoms with E-state index in [2.05, 4.69) is 26.1 Å². The minimum Gasteiger partial charge on any atom is -0.462 e. The molecule has 1 unspecified atom stereocenters. The lowest BCUT2D eigenvalue weighted by Crippen LogP contribution is -2.26. The van der Waals surface area contributed by atoms with E-state index in [1.165, 1.54) is 16.2 Å². The van der Waals surface area contributed by atoms with Crippen molar-refractivity contribution in [2.24, 2.45) is 11.3 Å². The van der Waals surface area contributed by atoms with Crippen molar-refractivity contribution in [3.8, 4) is 11.3 Å². The Morgan fingerprint density at radius 2 is 1.76 bits per heavy atom. The highest BCUT2D eigenvalue weighted by atomic mass is 32.1. The molecule has 1 aliphatic carbocycles. The van der Waals surface area contributed by atoms with Crippen LogP contribution in [0.25, 0.3) is 22.2 Å². The second kappa shape index (κ2) is 10.3. The lowest BCUT2D eigenvalue weighted by atomic mass is 9.72. The van der Waals surface area contributed by atoms with Gasteiger partial charge in [0.1, 0.15) is 5.00 Å². The van der Waals surface area contributed by atoms with E-state index < -0.39 is 0 Å². The van der Waals surface area contributed by atoms with E-state index in [1.54, 1.807) is 0 Å². The van der Waals surface area contributed by atoms with Crippen LogP contribution in [-0.4, -0.2) is 23.5 Å². The fraction of sp³-hybridized carbons (Fsp3) is 0.344. The number of benzene rings is 2. The first-order valence-corrected chi connectivity index (χ1v) is 14.1. The number of carbonyl (C=O) groups is 2. The Labute approximate surface area is 228 Å². The maximum atomic E-state index is 14.0. The van der Waals surface area contributed by atoms with Crippen LogP contribution in [0.15, 0.2) is 54.6 Å². The monoisotopic (exact) mass is 526 g/mol. The molecule has 1 amide bonds. The number of hydrogen-bond acceptors (Lipinski definition) is 5. The van der Waals surface area contributed by atoms with Crippen molar-refractivity contribution in [2.75, 3.05) is 11.9 Å². The molecule has 0 aliphatic heterocycles. The van der Waals surface area contributed by atoms with Crippen LogP contribution in [0.5, 0.6) is 0 Å². The molecule has 38 heavy (non-hydrogen) atoms. The van der Waals surface area contributed by atoms with Gasteiger partial charge >= 0.3 is 5.97 Å². The van der Waals surface area contributed by atoms with Gasteiger partial charge in [-0.3, -0.25) is 4.79 Å². The summed E-state index contributed by atoms with van der Waals surface area (Å²) in [7, 11) is 0. The zero-order valence-corrected chi connectivity index (χ0v) is 23.5. The van der Waals surface area contributed by atoms with Gasteiger partial charge in [-0.1, -0.05) is 69.3 Å². The lowest BCUT2D eigenvalue weighted by Gasteiger charge is -2.33. The predicted molar refractivity (Wildman–Crippen MR) is 155 cm³/mol. The SMILES string of the molecule is CCOC(=O)c1c(NC(=O)c2c(C)c(-c3ccccc3)nc3ccccc23)sc2c1CCC(C(C)(C)C)C2. The number of pyridine rings is 1. The van der Waals surface area contributed by atoms with Gasteiger partial charge in [-0.05, 0) is 61.6 Å². The van der Waals surface area contributed by atoms with E-state index in [-0.39, 0.29) is 23.9 Å². The number of nitrogens with zero attached hydrogens (tertiary/aromatic N) is 1. The van der Waals surface area contributed by atoms with Gasteiger partial charge < -0.3 is 10.1 Å². The molecule has 5 nitrogen and oxygen atoms in total. The molecule has 196 valence electrons. The Kier molecular flexibility index (Phi) is 7.10. The molecule has 2 heterocycles. The summed E-state index contributed by atoms with van der Waals surface area (Å²) in [4.78, 5) is 33.2. The highest BCUT2D eigenvalue weighted by Gasteiger charge is 2.35. The van der Waals surface area contributed by atoms with Crippen molar-refractivity contribution in [1.29, 1.82) is 0 Å². The Hall–Kier alpha value is -3.51. The second-order valence-electron chi connectivity index (χ2n) is 11.0. The summed E-state index contributed by atoms with van der Waals surface area (Å²) in [5.74, 6) is -0.0855. The van der Waals surface area contributed by atoms with Crippen LogP contribution in [0.4, 0.5) is 5.00 Å². The van der Waals surface area contributed by atoms with E-state index in [9.17, 15) is 9.59 Å². The largest absolute Gasteiger partial charge is 0.462 e. The van der Waals surface area contributed by atoms with Gasteiger partial charge in [0.15, 0.2) is 0 Å². The first-order chi connectivity index (χ1) is 18.2. The number of hydrogen-bond donors (Lipinski definition) is 1. The number of nitrogens with one attached hydrogen (secondary N) is 1. The summed E-state index contributed by atoms with van der Waals surface area (Å²) in [6.07, 6.45) is 2.73. The van der Waals surface area contributed by atoms with Crippen LogP contribution in [0.2, 0.25) is 0 Å². The number of thiophene rings is 1. The minimum atomic E-state index is -0.365. The first-order valence-electron chi connectivity index (χ1n) is 13.3. The lowest BCUT2D eigenvalue weighted by molar-refractivity contribution is 0.0526. The molecule has 0 bridgehead atoms. The fourth-order valence-electron chi connectivity index (χ4n) is 5.47. The molecular formula is C32H34N2O3S. The van der Waals surface area contributed by atoms with E-state index in [0.717, 1.165) is 52.5 Å². The Morgan fingerprint density at radius 1 is 1.05 bits per heavy atom. The summed E-state index contributed by atoms with van der Waals surface area (Å²) >= 11 is 1.52. The van der Waals surface area contributed by atoms with E-state index in [0.29, 0.717) is 22.0 Å². The number of anilines is 1. The third-order valence-corrected chi connectivity index (χ3v) is 8.78. The number of rotatable bonds is 5. The highest BCUT2D eigenvalue weighted by Crippen LogP contribution is 2.45. The van der Waals surface area contributed by atoms with Crippen molar-refractivity contribution < 1.29 is 14.3 Å². The minimum absolute atomic E-state index is 0.177.